The molecular weight excluding hydrogens is 300 g/mol. The minimum atomic E-state index is -0.260. The number of amides is 2. The van der Waals surface area contributed by atoms with Gasteiger partial charge in [-0.1, -0.05) is 0 Å². The van der Waals surface area contributed by atoms with Crippen LogP contribution in [0.1, 0.15) is 12.5 Å². The van der Waals surface area contributed by atoms with E-state index in [4.69, 9.17) is 14.2 Å². The van der Waals surface area contributed by atoms with Gasteiger partial charge in [-0.15, -0.1) is 0 Å². The largest absolute Gasteiger partial charge is 0.493 e. The smallest absolute Gasteiger partial charge is 0.244 e. The highest BCUT2D eigenvalue weighted by Gasteiger charge is 2.12. The third-order valence-corrected chi connectivity index (χ3v) is 2.91. The first kappa shape index (κ1) is 18.3. The maximum absolute atomic E-state index is 11.7. The van der Waals surface area contributed by atoms with Crippen molar-refractivity contribution >= 4 is 17.9 Å². The Kier molecular flexibility index (Phi) is 7.45. The summed E-state index contributed by atoms with van der Waals surface area (Å²) >= 11 is 0. The second-order valence-corrected chi connectivity index (χ2v) is 4.57. The molecule has 1 aromatic rings. The number of benzene rings is 1. The van der Waals surface area contributed by atoms with E-state index in [0.29, 0.717) is 30.3 Å². The van der Waals surface area contributed by atoms with Crippen LogP contribution in [-0.4, -0.2) is 46.2 Å². The quantitative estimate of drug-likeness (QED) is 0.550. The van der Waals surface area contributed by atoms with Crippen LogP contribution in [0.4, 0.5) is 0 Å². The van der Waals surface area contributed by atoms with Crippen LogP contribution in [0.2, 0.25) is 0 Å². The standard InChI is InChI=1S/C16H22N2O5/c1-11(19)17-7-8-18-15(20)6-5-12-9-13(21-2)16(23-4)14(10-12)22-3/h5-6,9-10H,7-8H2,1-4H3,(H,17,19)(H,18,20)/b6-5+. The molecule has 0 saturated heterocycles. The lowest BCUT2D eigenvalue weighted by atomic mass is 10.1. The molecule has 126 valence electrons. The van der Waals surface area contributed by atoms with Gasteiger partial charge in [-0.2, -0.15) is 0 Å². The SMILES string of the molecule is COc1cc(/C=C/C(=O)NCCNC(C)=O)cc(OC)c1OC. The van der Waals surface area contributed by atoms with E-state index in [9.17, 15) is 9.59 Å². The van der Waals surface area contributed by atoms with Crippen LogP contribution >= 0.6 is 0 Å². The number of rotatable bonds is 8. The van der Waals surface area contributed by atoms with Crippen molar-refractivity contribution < 1.29 is 23.8 Å². The van der Waals surface area contributed by atoms with Crippen LogP contribution in [0.3, 0.4) is 0 Å². The Labute approximate surface area is 135 Å². The number of carbonyl (C=O) groups is 2. The van der Waals surface area contributed by atoms with E-state index in [2.05, 4.69) is 10.6 Å². The van der Waals surface area contributed by atoms with Crippen molar-refractivity contribution in [3.8, 4) is 17.2 Å². The van der Waals surface area contributed by atoms with Gasteiger partial charge in [0.05, 0.1) is 21.3 Å². The van der Waals surface area contributed by atoms with Crippen LogP contribution in [0.25, 0.3) is 6.08 Å². The van der Waals surface area contributed by atoms with Gasteiger partial charge in [0.15, 0.2) is 11.5 Å². The average molecular weight is 322 g/mol. The fraction of sp³-hybridized carbons (Fsp3) is 0.375. The van der Waals surface area contributed by atoms with Crippen LogP contribution in [0.5, 0.6) is 17.2 Å². The van der Waals surface area contributed by atoms with Crippen molar-refractivity contribution in [2.45, 2.75) is 6.92 Å². The van der Waals surface area contributed by atoms with E-state index < -0.39 is 0 Å². The maximum Gasteiger partial charge on any atom is 0.244 e. The van der Waals surface area contributed by atoms with E-state index >= 15 is 0 Å². The van der Waals surface area contributed by atoms with E-state index in [-0.39, 0.29) is 11.8 Å². The maximum atomic E-state index is 11.7. The molecular formula is C16H22N2O5. The van der Waals surface area contributed by atoms with Gasteiger partial charge in [-0.05, 0) is 23.8 Å². The van der Waals surface area contributed by atoms with Gasteiger partial charge in [0.25, 0.3) is 0 Å². The molecule has 0 heterocycles. The summed E-state index contributed by atoms with van der Waals surface area (Å²) in [6.07, 6.45) is 3.03. The fourth-order valence-corrected chi connectivity index (χ4v) is 1.85. The van der Waals surface area contributed by atoms with Crippen LogP contribution < -0.4 is 24.8 Å². The zero-order valence-corrected chi connectivity index (χ0v) is 13.8. The molecule has 7 heteroatoms. The topological polar surface area (TPSA) is 85.9 Å². The Hall–Kier alpha value is -2.70. The lowest BCUT2D eigenvalue weighted by Crippen LogP contribution is -2.32. The van der Waals surface area contributed by atoms with Crippen molar-refractivity contribution in [1.82, 2.24) is 10.6 Å². The minimum absolute atomic E-state index is 0.132. The molecule has 23 heavy (non-hydrogen) atoms. The molecule has 0 fully saturated rings. The molecule has 7 nitrogen and oxygen atoms in total. The molecule has 0 unspecified atom stereocenters. The van der Waals surface area contributed by atoms with Gasteiger partial charge >= 0.3 is 0 Å². The second-order valence-electron chi connectivity index (χ2n) is 4.57. The molecule has 0 saturated carbocycles. The van der Waals surface area contributed by atoms with Gasteiger partial charge in [0.1, 0.15) is 0 Å². The first-order valence-electron chi connectivity index (χ1n) is 7.02. The molecule has 1 rings (SSSR count). The molecule has 0 aliphatic heterocycles. The minimum Gasteiger partial charge on any atom is -0.493 e. The molecule has 0 atom stereocenters. The van der Waals surface area contributed by atoms with Crippen LogP contribution in [0.15, 0.2) is 18.2 Å². The molecule has 2 N–H and O–H groups in total. The van der Waals surface area contributed by atoms with Crippen molar-refractivity contribution in [2.24, 2.45) is 0 Å². The Balaban J connectivity index is 2.72. The third kappa shape index (κ3) is 5.90. The predicted octanol–water partition coefficient (Wildman–Crippen LogP) is 0.978. The molecule has 0 bridgehead atoms. The monoisotopic (exact) mass is 322 g/mol. The molecule has 0 aliphatic carbocycles. The molecule has 0 aliphatic rings. The summed E-state index contributed by atoms with van der Waals surface area (Å²) < 4.78 is 15.7. The summed E-state index contributed by atoms with van der Waals surface area (Å²) in [7, 11) is 4.58. The highest BCUT2D eigenvalue weighted by atomic mass is 16.5. The molecule has 0 spiro atoms. The summed E-state index contributed by atoms with van der Waals surface area (Å²) in [4.78, 5) is 22.4. The second kappa shape index (κ2) is 9.34. The molecule has 2 amide bonds. The van der Waals surface area contributed by atoms with E-state index in [0.717, 1.165) is 5.56 Å². The lowest BCUT2D eigenvalue weighted by molar-refractivity contribution is -0.119. The first-order chi connectivity index (χ1) is 11.0. The number of hydrogen-bond acceptors (Lipinski definition) is 5. The van der Waals surface area contributed by atoms with E-state index in [1.165, 1.54) is 34.3 Å². The summed E-state index contributed by atoms with van der Waals surface area (Å²) in [6, 6.07) is 3.48. The highest BCUT2D eigenvalue weighted by Crippen LogP contribution is 2.38. The van der Waals surface area contributed by atoms with Gasteiger partial charge in [0, 0.05) is 26.1 Å². The predicted molar refractivity (Wildman–Crippen MR) is 86.8 cm³/mol. The summed E-state index contributed by atoms with van der Waals surface area (Å²) in [5, 5.41) is 5.25. The molecule has 0 aromatic heterocycles. The Morgan fingerprint density at radius 3 is 2.04 bits per heavy atom. The Bertz CT molecular complexity index is 559. The van der Waals surface area contributed by atoms with Gasteiger partial charge in [-0.25, -0.2) is 0 Å². The number of nitrogens with one attached hydrogen (secondary N) is 2. The van der Waals surface area contributed by atoms with Crippen molar-refractivity contribution in [3.63, 3.8) is 0 Å². The normalized spacial score (nSPS) is 10.3. The van der Waals surface area contributed by atoms with E-state index in [1.54, 1.807) is 18.2 Å². The Morgan fingerprint density at radius 1 is 1.00 bits per heavy atom. The van der Waals surface area contributed by atoms with Crippen molar-refractivity contribution in [3.05, 3.63) is 23.8 Å². The molecule has 0 radical (unpaired) electrons. The summed E-state index contributed by atoms with van der Waals surface area (Å²) in [5.41, 5.74) is 0.733. The van der Waals surface area contributed by atoms with Gasteiger partial charge in [0.2, 0.25) is 17.6 Å². The van der Waals surface area contributed by atoms with Crippen molar-refractivity contribution in [1.29, 1.82) is 0 Å². The number of carbonyl (C=O) groups excluding carboxylic acids is 2. The first-order valence-corrected chi connectivity index (χ1v) is 7.02. The fourth-order valence-electron chi connectivity index (χ4n) is 1.85. The zero-order chi connectivity index (χ0) is 17.2. The van der Waals surface area contributed by atoms with Crippen molar-refractivity contribution in [2.75, 3.05) is 34.4 Å². The van der Waals surface area contributed by atoms with Gasteiger partial charge < -0.3 is 24.8 Å². The number of hydrogen-bond donors (Lipinski definition) is 2. The third-order valence-electron chi connectivity index (χ3n) is 2.91. The van der Waals surface area contributed by atoms with Gasteiger partial charge in [-0.3, -0.25) is 9.59 Å². The van der Waals surface area contributed by atoms with E-state index in [1.807, 2.05) is 0 Å². The highest BCUT2D eigenvalue weighted by molar-refractivity contribution is 5.91. The zero-order valence-electron chi connectivity index (χ0n) is 13.8. The summed E-state index contributed by atoms with van der Waals surface area (Å²) in [5.74, 6) is 1.12. The molecule has 1 aromatic carbocycles. The lowest BCUT2D eigenvalue weighted by Gasteiger charge is -2.12. The average Bonchev–Trinajstić information content (AvgIpc) is 2.55. The van der Waals surface area contributed by atoms with Crippen LogP contribution in [-0.2, 0) is 9.59 Å². The van der Waals surface area contributed by atoms with Crippen LogP contribution in [0, 0.1) is 0 Å². The number of ether oxygens (including phenoxy) is 3. The number of methoxy groups -OCH3 is 3. The Morgan fingerprint density at radius 2 is 1.57 bits per heavy atom. The summed E-state index contributed by atoms with van der Waals surface area (Å²) in [6.45, 7) is 2.17.